The summed E-state index contributed by atoms with van der Waals surface area (Å²) in [5.74, 6) is 0.0640. The summed E-state index contributed by atoms with van der Waals surface area (Å²) in [6.07, 6.45) is 1.45. The molecule has 1 aromatic carbocycles. The standard InChI is InChI=1S/C20H18N2O5S/c1-4-25-20(24)17-11(2)12(3)28-19(17)22-18(23)14(9-21)7-13-5-6-15-16(8-13)27-10-26-15/h5-8H,4,10H2,1-3H3,(H,22,23)/b14-7+. The van der Waals surface area contributed by atoms with E-state index in [0.717, 1.165) is 10.4 Å². The second kappa shape index (κ2) is 8.15. The van der Waals surface area contributed by atoms with E-state index in [4.69, 9.17) is 14.2 Å². The third kappa shape index (κ3) is 3.85. The summed E-state index contributed by atoms with van der Waals surface area (Å²) in [5.41, 5.74) is 1.59. The van der Waals surface area contributed by atoms with E-state index in [1.807, 2.05) is 13.0 Å². The summed E-state index contributed by atoms with van der Waals surface area (Å²) in [4.78, 5) is 25.8. The van der Waals surface area contributed by atoms with Crippen molar-refractivity contribution in [1.29, 1.82) is 5.26 Å². The fourth-order valence-electron chi connectivity index (χ4n) is 2.65. The molecule has 0 radical (unpaired) electrons. The highest BCUT2D eigenvalue weighted by Gasteiger charge is 2.23. The molecule has 1 N–H and O–H groups in total. The molecule has 1 aliphatic rings. The molecule has 0 fully saturated rings. The number of hydrogen-bond acceptors (Lipinski definition) is 7. The Morgan fingerprint density at radius 2 is 2.07 bits per heavy atom. The molecule has 7 nitrogen and oxygen atoms in total. The summed E-state index contributed by atoms with van der Waals surface area (Å²) in [5, 5.41) is 12.5. The van der Waals surface area contributed by atoms with Crippen LogP contribution in [0.4, 0.5) is 5.00 Å². The van der Waals surface area contributed by atoms with Crippen molar-refractivity contribution >= 4 is 34.3 Å². The van der Waals surface area contributed by atoms with Crippen LogP contribution in [-0.4, -0.2) is 25.3 Å². The zero-order chi connectivity index (χ0) is 20.3. The van der Waals surface area contributed by atoms with Gasteiger partial charge >= 0.3 is 5.97 Å². The lowest BCUT2D eigenvalue weighted by Crippen LogP contribution is -2.16. The minimum absolute atomic E-state index is 0.0996. The van der Waals surface area contributed by atoms with Crippen LogP contribution in [0, 0.1) is 25.2 Å². The van der Waals surface area contributed by atoms with E-state index in [9.17, 15) is 14.9 Å². The van der Waals surface area contributed by atoms with Gasteiger partial charge in [0.05, 0.1) is 12.2 Å². The van der Waals surface area contributed by atoms with Crippen LogP contribution in [0.2, 0.25) is 0 Å². The third-order valence-corrected chi connectivity index (χ3v) is 5.29. The molecule has 28 heavy (non-hydrogen) atoms. The molecule has 0 unspecified atom stereocenters. The fourth-order valence-corrected chi connectivity index (χ4v) is 3.70. The van der Waals surface area contributed by atoms with Gasteiger partial charge in [0.25, 0.3) is 5.91 Å². The van der Waals surface area contributed by atoms with Gasteiger partial charge in [-0.3, -0.25) is 4.79 Å². The first-order valence-electron chi connectivity index (χ1n) is 8.54. The molecule has 1 amide bonds. The number of amides is 1. The number of thiophene rings is 1. The van der Waals surface area contributed by atoms with Crippen LogP contribution in [0.5, 0.6) is 11.5 Å². The minimum atomic E-state index is -0.605. The lowest BCUT2D eigenvalue weighted by molar-refractivity contribution is -0.112. The Morgan fingerprint density at radius 3 is 2.79 bits per heavy atom. The molecule has 3 rings (SSSR count). The van der Waals surface area contributed by atoms with Crippen molar-refractivity contribution in [2.24, 2.45) is 0 Å². The van der Waals surface area contributed by atoms with Crippen LogP contribution in [-0.2, 0) is 9.53 Å². The van der Waals surface area contributed by atoms with E-state index in [-0.39, 0.29) is 19.0 Å². The molecule has 0 saturated heterocycles. The topological polar surface area (TPSA) is 97.7 Å². The van der Waals surface area contributed by atoms with E-state index in [1.165, 1.54) is 17.4 Å². The van der Waals surface area contributed by atoms with Crippen LogP contribution in [0.3, 0.4) is 0 Å². The van der Waals surface area contributed by atoms with Gasteiger partial charge in [-0.05, 0) is 50.1 Å². The zero-order valence-corrected chi connectivity index (χ0v) is 16.4. The molecule has 2 aromatic rings. The van der Waals surface area contributed by atoms with Crippen LogP contribution in [0.25, 0.3) is 6.08 Å². The van der Waals surface area contributed by atoms with Gasteiger partial charge in [0.1, 0.15) is 16.6 Å². The van der Waals surface area contributed by atoms with Gasteiger partial charge in [-0.2, -0.15) is 5.26 Å². The number of nitrogens with zero attached hydrogens (tertiary/aromatic N) is 1. The largest absolute Gasteiger partial charge is 0.462 e. The zero-order valence-electron chi connectivity index (χ0n) is 15.6. The van der Waals surface area contributed by atoms with Crippen molar-refractivity contribution < 1.29 is 23.8 Å². The van der Waals surface area contributed by atoms with Gasteiger partial charge in [-0.25, -0.2) is 4.79 Å². The van der Waals surface area contributed by atoms with Crippen molar-refractivity contribution in [3.63, 3.8) is 0 Å². The van der Waals surface area contributed by atoms with Crippen LogP contribution < -0.4 is 14.8 Å². The monoisotopic (exact) mass is 398 g/mol. The SMILES string of the molecule is CCOC(=O)c1c(NC(=O)/C(C#N)=C/c2ccc3c(c2)OCO3)sc(C)c1C. The Balaban J connectivity index is 1.86. The lowest BCUT2D eigenvalue weighted by Gasteiger charge is -2.07. The number of rotatable bonds is 5. The van der Waals surface area contributed by atoms with Crippen molar-refractivity contribution in [3.05, 3.63) is 45.3 Å². The number of ether oxygens (including phenoxy) is 3. The van der Waals surface area contributed by atoms with Crippen molar-refractivity contribution in [2.75, 3.05) is 18.7 Å². The maximum Gasteiger partial charge on any atom is 0.341 e. The highest BCUT2D eigenvalue weighted by molar-refractivity contribution is 7.16. The molecule has 0 spiro atoms. The Hall–Kier alpha value is -3.31. The number of esters is 1. The molecule has 0 saturated carbocycles. The number of carbonyl (C=O) groups excluding carboxylic acids is 2. The predicted octanol–water partition coefficient (Wildman–Crippen LogP) is 3.82. The summed E-state index contributed by atoms with van der Waals surface area (Å²) >= 11 is 1.27. The maximum absolute atomic E-state index is 12.6. The average molecular weight is 398 g/mol. The Kier molecular flexibility index (Phi) is 5.66. The van der Waals surface area contributed by atoms with Crippen molar-refractivity contribution in [2.45, 2.75) is 20.8 Å². The third-order valence-electron chi connectivity index (χ3n) is 4.16. The summed E-state index contributed by atoms with van der Waals surface area (Å²) in [6, 6.07) is 7.03. The molecule has 0 atom stereocenters. The molecule has 1 aliphatic heterocycles. The minimum Gasteiger partial charge on any atom is -0.462 e. The van der Waals surface area contributed by atoms with Gasteiger partial charge in [0, 0.05) is 4.88 Å². The Morgan fingerprint density at radius 1 is 1.32 bits per heavy atom. The van der Waals surface area contributed by atoms with E-state index >= 15 is 0 Å². The normalized spacial score (nSPS) is 12.4. The fraction of sp³-hybridized carbons (Fsp3) is 0.250. The van der Waals surface area contributed by atoms with Crippen molar-refractivity contribution in [3.8, 4) is 17.6 Å². The number of nitrogens with one attached hydrogen (secondary N) is 1. The smallest absolute Gasteiger partial charge is 0.341 e. The summed E-state index contributed by atoms with van der Waals surface area (Å²) in [7, 11) is 0. The highest BCUT2D eigenvalue weighted by Crippen LogP contribution is 2.34. The van der Waals surface area contributed by atoms with E-state index in [0.29, 0.717) is 27.6 Å². The number of nitriles is 1. The number of benzene rings is 1. The molecule has 0 aliphatic carbocycles. The first kappa shape index (κ1) is 19.5. The average Bonchev–Trinajstić information content (AvgIpc) is 3.23. The number of anilines is 1. The number of carbonyl (C=O) groups is 2. The molecule has 0 bridgehead atoms. The second-order valence-corrected chi connectivity index (χ2v) is 7.17. The summed E-state index contributed by atoms with van der Waals surface area (Å²) in [6.45, 7) is 5.73. The van der Waals surface area contributed by atoms with E-state index in [1.54, 1.807) is 32.0 Å². The van der Waals surface area contributed by atoms with E-state index in [2.05, 4.69) is 5.32 Å². The van der Waals surface area contributed by atoms with Crippen LogP contribution in [0.1, 0.15) is 33.3 Å². The van der Waals surface area contributed by atoms with Gasteiger partial charge in [0.2, 0.25) is 6.79 Å². The predicted molar refractivity (Wildman–Crippen MR) is 105 cm³/mol. The second-order valence-electron chi connectivity index (χ2n) is 5.94. The van der Waals surface area contributed by atoms with Crippen molar-refractivity contribution in [1.82, 2.24) is 0 Å². The van der Waals surface area contributed by atoms with Gasteiger partial charge < -0.3 is 19.5 Å². The molecule has 8 heteroatoms. The Bertz CT molecular complexity index is 1020. The van der Waals surface area contributed by atoms with Crippen LogP contribution >= 0.6 is 11.3 Å². The first-order chi connectivity index (χ1) is 13.4. The molecule has 1 aromatic heterocycles. The molecular formula is C20H18N2O5S. The molecule has 2 heterocycles. The lowest BCUT2D eigenvalue weighted by atomic mass is 10.1. The molecule has 144 valence electrons. The van der Waals surface area contributed by atoms with Gasteiger partial charge in [-0.1, -0.05) is 6.07 Å². The van der Waals surface area contributed by atoms with Gasteiger partial charge in [0.15, 0.2) is 11.5 Å². The first-order valence-corrected chi connectivity index (χ1v) is 9.36. The quantitative estimate of drug-likeness (QED) is 0.467. The number of hydrogen-bond donors (Lipinski definition) is 1. The maximum atomic E-state index is 12.6. The van der Waals surface area contributed by atoms with Gasteiger partial charge in [-0.15, -0.1) is 11.3 Å². The molecular weight excluding hydrogens is 380 g/mol. The van der Waals surface area contributed by atoms with E-state index < -0.39 is 11.9 Å². The number of aryl methyl sites for hydroxylation is 1. The number of fused-ring (bicyclic) bond motifs is 1. The summed E-state index contributed by atoms with van der Waals surface area (Å²) < 4.78 is 15.6. The highest BCUT2D eigenvalue weighted by atomic mass is 32.1. The van der Waals surface area contributed by atoms with Crippen LogP contribution in [0.15, 0.2) is 23.8 Å². The Labute approximate surface area is 166 Å².